The Hall–Kier alpha value is -1.39. The predicted molar refractivity (Wildman–Crippen MR) is 150 cm³/mol. The van der Waals surface area contributed by atoms with Crippen molar-refractivity contribution in [2.24, 2.45) is 62.3 Å². The first-order valence-corrected chi connectivity index (χ1v) is 15.7. The number of carbonyl (C=O) groups excluding carboxylic acids is 2. The maximum absolute atomic E-state index is 12.5. The van der Waals surface area contributed by atoms with E-state index in [1.54, 1.807) is 6.92 Å². The number of rotatable bonds is 7. The molecule has 214 valence electrons. The number of fused-ring (bicyclic) bond motifs is 4. The molecule has 0 aliphatic heterocycles. The molecular weight excluding hydrogens is 474 g/mol. The van der Waals surface area contributed by atoms with E-state index in [0.29, 0.717) is 17.3 Å². The van der Waals surface area contributed by atoms with Crippen molar-refractivity contribution in [3.05, 3.63) is 0 Å². The van der Waals surface area contributed by atoms with Crippen LogP contribution in [0.1, 0.15) is 126 Å². The molecule has 0 radical (unpaired) electrons. The molecule has 5 heteroatoms. The third-order valence-electron chi connectivity index (χ3n) is 13.1. The van der Waals surface area contributed by atoms with Crippen molar-refractivity contribution in [3.63, 3.8) is 0 Å². The zero-order valence-corrected chi connectivity index (χ0v) is 25.4. The summed E-state index contributed by atoms with van der Waals surface area (Å²) in [6.45, 7) is 17.7. The highest BCUT2D eigenvalue weighted by molar-refractivity contribution is 5.95. The third-order valence-corrected chi connectivity index (χ3v) is 13.1. The van der Waals surface area contributed by atoms with Crippen molar-refractivity contribution in [1.82, 2.24) is 0 Å². The number of esters is 1. The summed E-state index contributed by atoms with van der Waals surface area (Å²) >= 11 is 0. The van der Waals surface area contributed by atoms with Crippen LogP contribution < -0.4 is 0 Å². The van der Waals surface area contributed by atoms with Gasteiger partial charge in [-0.15, -0.1) is 0 Å². The van der Waals surface area contributed by atoms with Crippen molar-refractivity contribution in [2.45, 2.75) is 132 Å². The zero-order chi connectivity index (χ0) is 27.7. The van der Waals surface area contributed by atoms with Crippen LogP contribution in [0.3, 0.4) is 0 Å². The van der Waals surface area contributed by atoms with E-state index in [0.717, 1.165) is 55.1 Å². The van der Waals surface area contributed by atoms with Gasteiger partial charge in [0.05, 0.1) is 5.71 Å². The van der Waals surface area contributed by atoms with Crippen molar-refractivity contribution in [3.8, 4) is 0 Å². The van der Waals surface area contributed by atoms with Gasteiger partial charge in [0.2, 0.25) is 0 Å². The molecule has 0 bridgehead atoms. The van der Waals surface area contributed by atoms with Gasteiger partial charge in [0.15, 0.2) is 0 Å². The van der Waals surface area contributed by atoms with Crippen LogP contribution in [0.2, 0.25) is 0 Å². The number of ether oxygens (including phenoxy) is 1. The van der Waals surface area contributed by atoms with E-state index in [4.69, 9.17) is 9.57 Å². The van der Waals surface area contributed by atoms with Gasteiger partial charge >= 0.3 is 11.9 Å². The Bertz CT molecular complexity index is 989. The molecule has 0 aromatic rings. The van der Waals surface area contributed by atoms with E-state index in [1.807, 2.05) is 0 Å². The van der Waals surface area contributed by atoms with E-state index < -0.39 is 0 Å². The summed E-state index contributed by atoms with van der Waals surface area (Å²) in [4.78, 5) is 29.2. The molecule has 0 amide bonds. The van der Waals surface area contributed by atoms with Gasteiger partial charge < -0.3 is 9.57 Å². The van der Waals surface area contributed by atoms with Crippen LogP contribution in [0.15, 0.2) is 5.16 Å². The largest absolute Gasteiger partial charge is 0.462 e. The molecule has 5 fully saturated rings. The van der Waals surface area contributed by atoms with Crippen LogP contribution >= 0.6 is 0 Å². The molecule has 0 aromatic heterocycles. The molecule has 0 heterocycles. The van der Waals surface area contributed by atoms with Crippen LogP contribution in [-0.2, 0) is 19.2 Å². The lowest BCUT2D eigenvalue weighted by Gasteiger charge is -2.63. The quantitative estimate of drug-likeness (QED) is 0.191. The van der Waals surface area contributed by atoms with Crippen molar-refractivity contribution in [1.29, 1.82) is 0 Å². The third kappa shape index (κ3) is 4.02. The highest BCUT2D eigenvalue weighted by atomic mass is 16.7. The molecule has 0 saturated heterocycles. The van der Waals surface area contributed by atoms with Gasteiger partial charge in [-0.1, -0.05) is 66.0 Å². The Balaban J connectivity index is 1.43. The summed E-state index contributed by atoms with van der Waals surface area (Å²) in [5.41, 5.74) is 1.26. The zero-order valence-electron chi connectivity index (χ0n) is 25.4. The minimum Gasteiger partial charge on any atom is -0.462 e. The van der Waals surface area contributed by atoms with Crippen LogP contribution in [0, 0.1) is 57.2 Å². The Morgan fingerprint density at radius 2 is 1.71 bits per heavy atom. The standard InChI is InChI=1S/C33H53NO4/c1-20(2)10-9-11-21(3)25-12-13-26-24-18-29(37-22(4)35)33-19-32(33,8)28(34-38-23(5)36)15-17-31(33,7)27(24)14-16-30(25,26)6/h20-21,24-27,29H,9-19H2,1-8H3/b34-28+/t21-,24+,25-,26+,27+,29+,30-,31-,32-,33-/m1/s1. The molecule has 0 aromatic carbocycles. The van der Waals surface area contributed by atoms with Crippen molar-refractivity contribution >= 4 is 17.7 Å². The molecule has 38 heavy (non-hydrogen) atoms. The Labute approximate surface area is 231 Å². The molecule has 5 aliphatic rings. The van der Waals surface area contributed by atoms with Crippen LogP contribution in [0.5, 0.6) is 0 Å². The van der Waals surface area contributed by atoms with E-state index in [-0.39, 0.29) is 34.3 Å². The molecule has 0 unspecified atom stereocenters. The number of hydrogen-bond donors (Lipinski definition) is 0. The predicted octanol–water partition coefficient (Wildman–Crippen LogP) is 7.96. The fraction of sp³-hybridized carbons (Fsp3) is 0.909. The smallest absolute Gasteiger partial charge is 0.331 e. The van der Waals surface area contributed by atoms with Crippen LogP contribution in [0.25, 0.3) is 0 Å². The fourth-order valence-corrected chi connectivity index (χ4v) is 11.4. The molecule has 5 aliphatic carbocycles. The number of oxime groups is 1. The monoisotopic (exact) mass is 527 g/mol. The Morgan fingerprint density at radius 1 is 0.974 bits per heavy atom. The van der Waals surface area contributed by atoms with Gasteiger partial charge in [0, 0.05) is 24.7 Å². The average Bonchev–Trinajstić information content (AvgIpc) is 3.33. The normalized spacial score (nSPS) is 47.0. The van der Waals surface area contributed by atoms with Crippen molar-refractivity contribution in [2.75, 3.05) is 0 Å². The summed E-state index contributed by atoms with van der Waals surface area (Å²) in [6, 6.07) is 0. The van der Waals surface area contributed by atoms with Gasteiger partial charge in [0.1, 0.15) is 6.10 Å². The minimum atomic E-state index is -0.370. The second kappa shape index (κ2) is 9.61. The summed E-state index contributed by atoms with van der Waals surface area (Å²) < 4.78 is 6.29. The summed E-state index contributed by atoms with van der Waals surface area (Å²) in [5, 5.41) is 4.37. The maximum Gasteiger partial charge on any atom is 0.331 e. The molecule has 5 rings (SSSR count). The van der Waals surface area contributed by atoms with Crippen LogP contribution in [-0.4, -0.2) is 23.8 Å². The fourth-order valence-electron chi connectivity index (χ4n) is 11.4. The van der Waals surface area contributed by atoms with Crippen LogP contribution in [0.4, 0.5) is 0 Å². The number of hydrogen-bond acceptors (Lipinski definition) is 5. The first kappa shape index (κ1) is 28.1. The Kier molecular flexibility index (Phi) is 7.12. The molecule has 10 atom stereocenters. The van der Waals surface area contributed by atoms with Gasteiger partial charge in [-0.2, -0.15) is 0 Å². The first-order valence-electron chi connectivity index (χ1n) is 15.7. The maximum atomic E-state index is 12.5. The molecular formula is C33H53NO4. The average molecular weight is 528 g/mol. The minimum absolute atomic E-state index is 0.0797. The van der Waals surface area contributed by atoms with E-state index in [1.165, 1.54) is 51.9 Å². The summed E-state index contributed by atoms with van der Waals surface area (Å²) in [5.74, 6) is 3.88. The van der Waals surface area contributed by atoms with Gasteiger partial charge in [-0.3, -0.25) is 4.79 Å². The SMILES string of the molecule is CC(=O)O/N=C1\CC[C@]2(C)[C@H]3CC[C@]4(C)[C@@H]([C@H](C)CCCC(C)C)CC[C@H]4[C@@H]3C[C@H](OC(C)=O)[C@]23C[C@]13C. The Morgan fingerprint density at radius 3 is 2.37 bits per heavy atom. The molecule has 5 nitrogen and oxygen atoms in total. The number of carbonyl (C=O) groups is 2. The highest BCUT2D eigenvalue weighted by Gasteiger charge is 2.83. The van der Waals surface area contributed by atoms with Crippen molar-refractivity contribution < 1.29 is 19.2 Å². The summed E-state index contributed by atoms with van der Waals surface area (Å²) in [7, 11) is 0. The lowest BCUT2D eigenvalue weighted by atomic mass is 9.42. The van der Waals surface area contributed by atoms with Gasteiger partial charge in [0.25, 0.3) is 0 Å². The van der Waals surface area contributed by atoms with E-state index in [9.17, 15) is 9.59 Å². The topological polar surface area (TPSA) is 65.0 Å². The summed E-state index contributed by atoms with van der Waals surface area (Å²) in [6.07, 6.45) is 13.2. The highest BCUT2D eigenvalue weighted by Crippen LogP contribution is 2.84. The second-order valence-electron chi connectivity index (χ2n) is 15.3. The van der Waals surface area contributed by atoms with E-state index >= 15 is 0 Å². The van der Waals surface area contributed by atoms with Gasteiger partial charge in [-0.25, -0.2) is 4.79 Å². The molecule has 1 spiro atoms. The van der Waals surface area contributed by atoms with E-state index in [2.05, 4.69) is 46.7 Å². The lowest BCUT2D eigenvalue weighted by molar-refractivity contribution is -0.193. The lowest BCUT2D eigenvalue weighted by Crippen LogP contribution is -2.61. The second-order valence-corrected chi connectivity index (χ2v) is 15.3. The van der Waals surface area contributed by atoms with Gasteiger partial charge in [-0.05, 0) is 97.7 Å². The number of nitrogens with zero attached hydrogens (tertiary/aromatic N) is 1. The molecule has 0 N–H and O–H groups in total. The molecule has 5 saturated carbocycles. The first-order chi connectivity index (χ1) is 17.8.